The van der Waals surface area contributed by atoms with Gasteiger partial charge in [0.25, 0.3) is 0 Å². The van der Waals surface area contributed by atoms with E-state index in [1.165, 1.54) is 17.7 Å². The van der Waals surface area contributed by atoms with Crippen molar-refractivity contribution < 1.29 is 0 Å². The van der Waals surface area contributed by atoms with E-state index >= 15 is 0 Å². The third kappa shape index (κ3) is 3.07. The standard InChI is InChI=1S/C11H20N2S/c1-4-6-13-11(9(3)5-2)10-7-12-8-14-10/h7-9,11,13H,4-6H2,1-3H3. The van der Waals surface area contributed by atoms with Gasteiger partial charge in [0, 0.05) is 17.1 Å². The van der Waals surface area contributed by atoms with Crippen LogP contribution >= 0.6 is 11.3 Å². The Hall–Kier alpha value is -0.410. The summed E-state index contributed by atoms with van der Waals surface area (Å²) in [6.07, 6.45) is 4.38. The van der Waals surface area contributed by atoms with Gasteiger partial charge in [0.15, 0.2) is 0 Å². The van der Waals surface area contributed by atoms with Gasteiger partial charge in [-0.05, 0) is 18.9 Å². The summed E-state index contributed by atoms with van der Waals surface area (Å²) in [5.74, 6) is 0.682. The fourth-order valence-electron chi connectivity index (χ4n) is 1.50. The predicted molar refractivity (Wildman–Crippen MR) is 62.6 cm³/mol. The number of aromatic nitrogens is 1. The molecule has 1 rings (SSSR count). The Morgan fingerprint density at radius 2 is 2.29 bits per heavy atom. The van der Waals surface area contributed by atoms with E-state index in [1.807, 2.05) is 11.7 Å². The molecule has 0 radical (unpaired) electrons. The number of hydrogen-bond acceptors (Lipinski definition) is 3. The Labute approximate surface area is 90.8 Å². The normalized spacial score (nSPS) is 15.4. The first kappa shape index (κ1) is 11.7. The molecule has 2 nitrogen and oxygen atoms in total. The van der Waals surface area contributed by atoms with Crippen LogP contribution in [0.25, 0.3) is 0 Å². The van der Waals surface area contributed by atoms with Gasteiger partial charge in [0.05, 0.1) is 5.51 Å². The van der Waals surface area contributed by atoms with Crippen molar-refractivity contribution in [3.63, 3.8) is 0 Å². The van der Waals surface area contributed by atoms with Crippen molar-refractivity contribution in [2.24, 2.45) is 5.92 Å². The van der Waals surface area contributed by atoms with E-state index < -0.39 is 0 Å². The highest BCUT2D eigenvalue weighted by Crippen LogP contribution is 2.26. The molecule has 0 amide bonds. The minimum Gasteiger partial charge on any atom is -0.309 e. The maximum atomic E-state index is 4.15. The molecule has 0 aliphatic carbocycles. The lowest BCUT2D eigenvalue weighted by atomic mass is 9.98. The Kier molecular flexibility index (Phi) is 5.12. The lowest BCUT2D eigenvalue weighted by Crippen LogP contribution is -2.26. The van der Waals surface area contributed by atoms with Gasteiger partial charge in [-0.15, -0.1) is 11.3 Å². The number of hydrogen-bond donors (Lipinski definition) is 1. The number of rotatable bonds is 6. The molecule has 0 saturated heterocycles. The molecule has 0 fully saturated rings. The van der Waals surface area contributed by atoms with E-state index in [9.17, 15) is 0 Å². The molecule has 0 spiro atoms. The van der Waals surface area contributed by atoms with Crippen LogP contribution in [0.5, 0.6) is 0 Å². The molecule has 1 aromatic rings. The third-order valence-electron chi connectivity index (χ3n) is 2.59. The monoisotopic (exact) mass is 212 g/mol. The highest BCUT2D eigenvalue weighted by Gasteiger charge is 2.17. The summed E-state index contributed by atoms with van der Waals surface area (Å²) in [5, 5.41) is 3.59. The molecule has 2 atom stereocenters. The maximum Gasteiger partial charge on any atom is 0.0794 e. The smallest absolute Gasteiger partial charge is 0.0794 e. The number of nitrogens with zero attached hydrogens (tertiary/aromatic N) is 1. The molecule has 80 valence electrons. The van der Waals surface area contributed by atoms with Gasteiger partial charge in [-0.1, -0.05) is 27.2 Å². The van der Waals surface area contributed by atoms with Crippen LogP contribution in [0.1, 0.15) is 44.5 Å². The Morgan fingerprint density at radius 3 is 2.79 bits per heavy atom. The third-order valence-corrected chi connectivity index (χ3v) is 3.44. The molecule has 0 aromatic carbocycles. The maximum absolute atomic E-state index is 4.15. The van der Waals surface area contributed by atoms with Crippen molar-refractivity contribution in [1.29, 1.82) is 0 Å². The molecule has 0 aliphatic rings. The Bertz CT molecular complexity index is 233. The zero-order valence-corrected chi connectivity index (χ0v) is 10.1. The first-order valence-corrected chi connectivity index (χ1v) is 6.29. The van der Waals surface area contributed by atoms with E-state index in [-0.39, 0.29) is 0 Å². The second-order valence-electron chi connectivity index (χ2n) is 3.72. The Balaban J connectivity index is 2.62. The summed E-state index contributed by atoms with van der Waals surface area (Å²) in [5.41, 5.74) is 1.92. The molecular formula is C11H20N2S. The quantitative estimate of drug-likeness (QED) is 0.783. The van der Waals surface area contributed by atoms with Crippen LogP contribution in [-0.4, -0.2) is 11.5 Å². The van der Waals surface area contributed by atoms with Crippen LogP contribution in [0, 0.1) is 5.92 Å². The van der Waals surface area contributed by atoms with Crippen LogP contribution in [0.3, 0.4) is 0 Å². The van der Waals surface area contributed by atoms with Gasteiger partial charge in [0.1, 0.15) is 0 Å². The molecule has 0 bridgehead atoms. The van der Waals surface area contributed by atoms with E-state index in [2.05, 4.69) is 31.1 Å². The van der Waals surface area contributed by atoms with Gasteiger partial charge in [-0.25, -0.2) is 0 Å². The summed E-state index contributed by atoms with van der Waals surface area (Å²) in [6.45, 7) is 7.83. The van der Waals surface area contributed by atoms with Crippen LogP contribution in [-0.2, 0) is 0 Å². The molecule has 14 heavy (non-hydrogen) atoms. The van der Waals surface area contributed by atoms with E-state index in [0.717, 1.165) is 6.54 Å². The second-order valence-corrected chi connectivity index (χ2v) is 4.64. The van der Waals surface area contributed by atoms with Crippen molar-refractivity contribution in [3.05, 3.63) is 16.6 Å². The second kappa shape index (κ2) is 6.14. The Morgan fingerprint density at radius 1 is 1.50 bits per heavy atom. The van der Waals surface area contributed by atoms with Gasteiger partial charge < -0.3 is 5.32 Å². The van der Waals surface area contributed by atoms with Crippen molar-refractivity contribution in [2.45, 2.75) is 39.7 Å². The summed E-state index contributed by atoms with van der Waals surface area (Å²) in [4.78, 5) is 5.51. The highest BCUT2D eigenvalue weighted by atomic mass is 32.1. The van der Waals surface area contributed by atoms with Crippen molar-refractivity contribution >= 4 is 11.3 Å². The molecule has 2 unspecified atom stereocenters. The summed E-state index contributed by atoms with van der Waals surface area (Å²) in [6, 6.07) is 0.493. The number of nitrogens with one attached hydrogen (secondary N) is 1. The zero-order valence-electron chi connectivity index (χ0n) is 9.29. The molecule has 3 heteroatoms. The topological polar surface area (TPSA) is 24.9 Å². The number of thiazole rings is 1. The largest absolute Gasteiger partial charge is 0.309 e. The van der Waals surface area contributed by atoms with E-state index in [0.29, 0.717) is 12.0 Å². The van der Waals surface area contributed by atoms with Gasteiger partial charge >= 0.3 is 0 Å². The molecular weight excluding hydrogens is 192 g/mol. The molecule has 1 N–H and O–H groups in total. The van der Waals surface area contributed by atoms with Crippen LogP contribution < -0.4 is 5.32 Å². The van der Waals surface area contributed by atoms with E-state index in [4.69, 9.17) is 0 Å². The van der Waals surface area contributed by atoms with E-state index in [1.54, 1.807) is 11.3 Å². The van der Waals surface area contributed by atoms with Crippen molar-refractivity contribution in [3.8, 4) is 0 Å². The fourth-order valence-corrected chi connectivity index (χ4v) is 2.32. The summed E-state index contributed by atoms with van der Waals surface area (Å²) < 4.78 is 0. The predicted octanol–water partition coefficient (Wildman–Crippen LogP) is 3.23. The van der Waals surface area contributed by atoms with Crippen molar-refractivity contribution in [2.75, 3.05) is 6.54 Å². The SMILES string of the molecule is CCCNC(c1cncs1)C(C)CC. The van der Waals surface area contributed by atoms with Gasteiger partial charge in [0.2, 0.25) is 0 Å². The van der Waals surface area contributed by atoms with Crippen LogP contribution in [0.4, 0.5) is 0 Å². The van der Waals surface area contributed by atoms with Crippen LogP contribution in [0.2, 0.25) is 0 Å². The highest BCUT2D eigenvalue weighted by molar-refractivity contribution is 7.09. The minimum atomic E-state index is 0.493. The summed E-state index contributed by atoms with van der Waals surface area (Å²) in [7, 11) is 0. The molecule has 1 aromatic heterocycles. The average molecular weight is 212 g/mol. The lowest BCUT2D eigenvalue weighted by molar-refractivity contribution is 0.382. The fraction of sp³-hybridized carbons (Fsp3) is 0.727. The zero-order chi connectivity index (χ0) is 10.4. The summed E-state index contributed by atoms with van der Waals surface area (Å²) >= 11 is 1.75. The molecule has 0 aliphatic heterocycles. The molecule has 1 heterocycles. The average Bonchev–Trinajstić information content (AvgIpc) is 2.71. The van der Waals surface area contributed by atoms with Crippen molar-refractivity contribution in [1.82, 2.24) is 10.3 Å². The lowest BCUT2D eigenvalue weighted by Gasteiger charge is -2.22. The molecule has 0 saturated carbocycles. The first-order valence-electron chi connectivity index (χ1n) is 5.41. The van der Waals surface area contributed by atoms with Crippen LogP contribution in [0.15, 0.2) is 11.7 Å². The minimum absolute atomic E-state index is 0.493. The van der Waals surface area contributed by atoms with Gasteiger partial charge in [-0.2, -0.15) is 0 Å². The first-order chi connectivity index (χ1) is 6.79. The van der Waals surface area contributed by atoms with Gasteiger partial charge in [-0.3, -0.25) is 4.98 Å².